The van der Waals surface area contributed by atoms with E-state index in [1.54, 1.807) is 20.8 Å². The molecule has 0 spiro atoms. The summed E-state index contributed by atoms with van der Waals surface area (Å²) in [6.45, 7) is 6.85. The van der Waals surface area contributed by atoms with Gasteiger partial charge in [0, 0.05) is 16.7 Å². The highest BCUT2D eigenvalue weighted by atomic mass is 32.1. The van der Waals surface area contributed by atoms with Crippen LogP contribution in [-0.4, -0.2) is 57.5 Å². The van der Waals surface area contributed by atoms with Gasteiger partial charge in [0.25, 0.3) is 0 Å². The standard InChI is InChI=1S/C26H34F2O5S/c1-6-7-14-11-23(3)17(10-19(14)29)18(27)9-16-15-8-13(2)26(32,21(31)22(34)33-5)24(15,4)12-20(30)25(16,23)28/h10-11,13,15-16,18,20,30,32H,6-9,12H2,1-5H3/t13-,15+,16+,18+,20+,23+,24+,25+,26+/m1/s1. The summed E-state index contributed by atoms with van der Waals surface area (Å²) in [4.78, 5) is 25.8. The average molecular weight is 497 g/mol. The Morgan fingerprint density at radius 1 is 1.29 bits per heavy atom. The van der Waals surface area contributed by atoms with Crippen LogP contribution in [0.5, 0.6) is 0 Å². The fourth-order valence-electron chi connectivity index (χ4n) is 7.91. The normalized spacial score (nSPS) is 47.7. The van der Waals surface area contributed by atoms with Gasteiger partial charge in [-0.3, -0.25) is 9.59 Å². The first-order chi connectivity index (χ1) is 15.7. The van der Waals surface area contributed by atoms with Crippen LogP contribution in [-0.2, 0) is 14.3 Å². The Hall–Kier alpha value is -1.51. The average Bonchev–Trinajstić information content (AvgIpc) is 2.98. The Kier molecular flexibility index (Phi) is 6.02. The molecule has 4 aliphatic carbocycles. The summed E-state index contributed by atoms with van der Waals surface area (Å²) in [5.41, 5.74) is -6.48. The first-order valence-electron chi connectivity index (χ1n) is 12.1. The lowest BCUT2D eigenvalue weighted by atomic mass is 9.44. The maximum atomic E-state index is 17.4. The molecule has 0 aromatic carbocycles. The molecule has 9 atom stereocenters. The number of Topliss-reactive ketones (excluding diaryl/α,β-unsaturated/α-hetero) is 1. The second-order valence-corrected chi connectivity index (χ2v) is 11.5. The van der Waals surface area contributed by atoms with Crippen molar-refractivity contribution in [2.45, 2.75) is 83.3 Å². The number of alkyl halides is 2. The smallest absolute Gasteiger partial charge is 0.241 e. The van der Waals surface area contributed by atoms with Gasteiger partial charge < -0.3 is 14.9 Å². The second-order valence-electron chi connectivity index (χ2n) is 11.1. The maximum absolute atomic E-state index is 17.4. The lowest BCUT2D eigenvalue weighted by molar-refractivity contribution is -0.221. The zero-order chi connectivity index (χ0) is 25.4. The lowest BCUT2D eigenvalue weighted by Crippen LogP contribution is -2.70. The van der Waals surface area contributed by atoms with Crippen LogP contribution in [0.1, 0.15) is 59.8 Å². The molecule has 4 rings (SSSR count). The van der Waals surface area contributed by atoms with Crippen molar-refractivity contribution < 1.29 is 33.3 Å². The Bertz CT molecular complexity index is 1010. The van der Waals surface area contributed by atoms with Crippen LogP contribution < -0.4 is 0 Å². The predicted molar refractivity (Wildman–Crippen MR) is 127 cm³/mol. The van der Waals surface area contributed by atoms with E-state index in [9.17, 15) is 19.8 Å². The fraction of sp³-hybridized carbons (Fsp3) is 0.731. The van der Waals surface area contributed by atoms with E-state index in [1.165, 1.54) is 19.3 Å². The largest absolute Gasteiger partial charge is 0.484 e. The minimum Gasteiger partial charge on any atom is -0.484 e. The summed E-state index contributed by atoms with van der Waals surface area (Å²) < 4.78 is 38.0. The van der Waals surface area contributed by atoms with Crippen molar-refractivity contribution in [1.29, 1.82) is 0 Å². The van der Waals surface area contributed by atoms with Crippen molar-refractivity contribution >= 4 is 28.8 Å². The highest BCUT2D eigenvalue weighted by molar-refractivity contribution is 7.81. The zero-order valence-electron chi connectivity index (χ0n) is 20.4. The van der Waals surface area contributed by atoms with E-state index in [-0.39, 0.29) is 35.7 Å². The van der Waals surface area contributed by atoms with Crippen LogP contribution in [0.4, 0.5) is 8.78 Å². The minimum atomic E-state index is -2.26. The number of ketones is 2. The molecule has 8 heteroatoms. The quantitative estimate of drug-likeness (QED) is 0.573. The minimum absolute atomic E-state index is 0.0664. The Morgan fingerprint density at radius 2 is 1.94 bits per heavy atom. The first-order valence-corrected chi connectivity index (χ1v) is 12.5. The van der Waals surface area contributed by atoms with Crippen molar-refractivity contribution in [3.8, 4) is 0 Å². The van der Waals surface area contributed by atoms with E-state index in [1.807, 2.05) is 6.92 Å². The third-order valence-corrected chi connectivity index (χ3v) is 9.99. The van der Waals surface area contributed by atoms with Gasteiger partial charge >= 0.3 is 0 Å². The van der Waals surface area contributed by atoms with Crippen LogP contribution >= 0.6 is 12.2 Å². The third kappa shape index (κ3) is 2.91. The van der Waals surface area contributed by atoms with E-state index in [0.717, 1.165) is 0 Å². The topological polar surface area (TPSA) is 83.8 Å². The number of carbonyl (C=O) groups excluding carboxylic acids is 2. The Labute approximate surface area is 204 Å². The number of hydrogen-bond acceptors (Lipinski definition) is 6. The van der Waals surface area contributed by atoms with E-state index in [0.29, 0.717) is 18.4 Å². The van der Waals surface area contributed by atoms with Crippen molar-refractivity contribution in [1.82, 2.24) is 0 Å². The molecule has 0 heterocycles. The molecule has 2 N–H and O–H groups in total. The first kappa shape index (κ1) is 25.6. The lowest BCUT2D eigenvalue weighted by Gasteiger charge is -2.63. The van der Waals surface area contributed by atoms with E-state index in [2.05, 4.69) is 0 Å². The molecule has 188 valence electrons. The van der Waals surface area contributed by atoms with Crippen molar-refractivity contribution in [3.63, 3.8) is 0 Å². The molecule has 3 fully saturated rings. The number of allylic oxidation sites excluding steroid dienone is 4. The number of carbonyl (C=O) groups is 2. The van der Waals surface area contributed by atoms with E-state index < -0.39 is 57.9 Å². The number of methoxy groups -OCH3 is 1. The molecule has 5 nitrogen and oxygen atoms in total. The number of fused-ring (bicyclic) bond motifs is 5. The van der Waals surface area contributed by atoms with Crippen LogP contribution in [0.2, 0.25) is 0 Å². The molecule has 34 heavy (non-hydrogen) atoms. The zero-order valence-corrected chi connectivity index (χ0v) is 21.2. The van der Waals surface area contributed by atoms with Crippen molar-refractivity contribution in [2.75, 3.05) is 7.11 Å². The van der Waals surface area contributed by atoms with Gasteiger partial charge in [0.1, 0.15) is 11.8 Å². The second kappa shape index (κ2) is 8.00. The number of rotatable bonds is 4. The number of aliphatic hydroxyl groups is 2. The van der Waals surface area contributed by atoms with Crippen molar-refractivity contribution in [2.24, 2.45) is 28.6 Å². The van der Waals surface area contributed by atoms with Crippen LogP contribution in [0.3, 0.4) is 0 Å². The SMILES string of the molecule is CCCC1=C[C@@]2(C)C(=CC1=O)[C@@H](F)C[C@H]1[C@@H]3C[C@@H](C)[C@](O)(C(=O)C(=S)OC)[C@@]3(C)C[C@H](O)[C@@]12F. The van der Waals surface area contributed by atoms with Gasteiger partial charge in [-0.05, 0) is 73.9 Å². The third-order valence-electron chi connectivity index (χ3n) is 9.63. The number of thiocarbonyl (C=S) groups is 1. The van der Waals surface area contributed by atoms with Gasteiger partial charge in [-0.15, -0.1) is 0 Å². The summed E-state index contributed by atoms with van der Waals surface area (Å²) in [5.74, 6) is -3.21. The van der Waals surface area contributed by atoms with E-state index >= 15 is 8.78 Å². The molecular formula is C26H34F2O5S. The molecule has 0 radical (unpaired) electrons. The van der Waals surface area contributed by atoms with Crippen LogP contribution in [0.25, 0.3) is 0 Å². The molecular weight excluding hydrogens is 462 g/mol. The number of aliphatic hydroxyl groups excluding tert-OH is 1. The highest BCUT2D eigenvalue weighted by Gasteiger charge is 2.77. The molecule has 0 aromatic heterocycles. The van der Waals surface area contributed by atoms with Gasteiger partial charge in [0.2, 0.25) is 10.8 Å². The summed E-state index contributed by atoms with van der Waals surface area (Å²) in [6, 6.07) is 0. The molecule has 0 amide bonds. The summed E-state index contributed by atoms with van der Waals surface area (Å²) >= 11 is 5.04. The Balaban J connectivity index is 1.86. The molecule has 0 saturated heterocycles. The monoisotopic (exact) mass is 496 g/mol. The molecule has 3 saturated carbocycles. The summed E-state index contributed by atoms with van der Waals surface area (Å²) in [5, 5.41) is 22.8. The van der Waals surface area contributed by atoms with Gasteiger partial charge in [0.05, 0.1) is 13.2 Å². The van der Waals surface area contributed by atoms with Gasteiger partial charge in [-0.25, -0.2) is 8.78 Å². The number of hydrogen-bond donors (Lipinski definition) is 2. The number of ether oxygens (including phenoxy) is 1. The fourth-order valence-corrected chi connectivity index (χ4v) is 8.07. The Morgan fingerprint density at radius 3 is 2.53 bits per heavy atom. The van der Waals surface area contributed by atoms with Gasteiger partial charge in [-0.1, -0.05) is 33.3 Å². The molecule has 0 aromatic rings. The molecule has 0 bridgehead atoms. The molecule has 0 aliphatic heterocycles. The van der Waals surface area contributed by atoms with Gasteiger partial charge in [0.15, 0.2) is 11.5 Å². The van der Waals surface area contributed by atoms with Crippen LogP contribution in [0.15, 0.2) is 23.3 Å². The summed E-state index contributed by atoms with van der Waals surface area (Å²) in [6.07, 6.45) is 0.557. The molecule has 0 unspecified atom stereocenters. The van der Waals surface area contributed by atoms with Gasteiger partial charge in [-0.2, -0.15) is 0 Å². The van der Waals surface area contributed by atoms with Crippen molar-refractivity contribution in [3.05, 3.63) is 23.3 Å². The number of halogens is 2. The molecule has 4 aliphatic rings. The van der Waals surface area contributed by atoms with Crippen LogP contribution in [0, 0.1) is 28.6 Å². The highest BCUT2D eigenvalue weighted by Crippen LogP contribution is 2.71. The summed E-state index contributed by atoms with van der Waals surface area (Å²) in [7, 11) is 1.25. The van der Waals surface area contributed by atoms with E-state index in [4.69, 9.17) is 17.0 Å². The predicted octanol–water partition coefficient (Wildman–Crippen LogP) is 4.00. The maximum Gasteiger partial charge on any atom is 0.241 e.